The predicted molar refractivity (Wildman–Crippen MR) is 140 cm³/mol. The highest BCUT2D eigenvalue weighted by Gasteiger charge is 2.32. The molecule has 0 spiro atoms. The molecule has 1 aromatic heterocycles. The summed E-state index contributed by atoms with van der Waals surface area (Å²) in [5.74, 6) is -0.284. The van der Waals surface area contributed by atoms with Gasteiger partial charge in [-0.15, -0.1) is 10.2 Å². The lowest BCUT2D eigenvalue weighted by molar-refractivity contribution is -0.117. The average molecular weight is 526 g/mol. The number of halogens is 1. The number of benzene rings is 2. The second-order valence-electron chi connectivity index (χ2n) is 9.06. The zero-order chi connectivity index (χ0) is 24.9. The molecule has 36 heavy (non-hydrogen) atoms. The van der Waals surface area contributed by atoms with Gasteiger partial charge in [0.25, 0.3) is 5.91 Å². The summed E-state index contributed by atoms with van der Waals surface area (Å²) in [6.07, 6.45) is 1.76. The van der Waals surface area contributed by atoms with Crippen LogP contribution in [-0.4, -0.2) is 65.8 Å². The van der Waals surface area contributed by atoms with Gasteiger partial charge >= 0.3 is 0 Å². The van der Waals surface area contributed by atoms with Crippen LogP contribution in [0.15, 0.2) is 48.5 Å². The van der Waals surface area contributed by atoms with Gasteiger partial charge in [0.05, 0.1) is 19.3 Å². The van der Waals surface area contributed by atoms with Crippen molar-refractivity contribution in [3.63, 3.8) is 0 Å². The number of nitrogens with one attached hydrogen (secondary N) is 1. The Balaban J connectivity index is 1.12. The van der Waals surface area contributed by atoms with Crippen LogP contribution in [-0.2, 0) is 28.9 Å². The Morgan fingerprint density at radius 2 is 1.75 bits per heavy atom. The van der Waals surface area contributed by atoms with E-state index in [0.29, 0.717) is 23.0 Å². The number of amides is 2. The standard InChI is InChI=1S/C26H28ClN5O3S/c27-20-6-1-18(2-7-20)5-10-23-29-30-26(36-23)25(34)28-21-15-24(33)32(17-21)22-8-3-19(4-9-22)16-31-11-13-35-14-12-31/h1-4,6-9,21H,5,10-17H2,(H,28,34)/t21-/m1/s1. The van der Waals surface area contributed by atoms with Gasteiger partial charge in [-0.05, 0) is 41.8 Å². The van der Waals surface area contributed by atoms with Crippen LogP contribution < -0.4 is 10.2 Å². The maximum absolute atomic E-state index is 12.7. The molecule has 0 unspecified atom stereocenters. The highest BCUT2D eigenvalue weighted by molar-refractivity contribution is 7.13. The van der Waals surface area contributed by atoms with Crippen LogP contribution >= 0.6 is 22.9 Å². The molecule has 5 rings (SSSR count). The van der Waals surface area contributed by atoms with Crippen molar-refractivity contribution < 1.29 is 14.3 Å². The lowest BCUT2D eigenvalue weighted by Gasteiger charge is -2.26. The summed E-state index contributed by atoms with van der Waals surface area (Å²) in [6.45, 7) is 4.73. The Bertz CT molecular complexity index is 1200. The number of anilines is 1. The van der Waals surface area contributed by atoms with Gasteiger partial charge in [-0.25, -0.2) is 0 Å². The molecule has 0 saturated carbocycles. The number of morpholine rings is 1. The molecule has 2 aromatic carbocycles. The van der Waals surface area contributed by atoms with E-state index in [9.17, 15) is 9.59 Å². The van der Waals surface area contributed by atoms with Crippen LogP contribution in [0.5, 0.6) is 0 Å². The van der Waals surface area contributed by atoms with Crippen LogP contribution in [0.4, 0.5) is 5.69 Å². The first kappa shape index (κ1) is 24.8. The molecule has 0 bridgehead atoms. The molecule has 2 aliphatic heterocycles. The first-order valence-corrected chi connectivity index (χ1v) is 13.3. The molecule has 2 fully saturated rings. The van der Waals surface area contributed by atoms with Gasteiger partial charge in [-0.2, -0.15) is 0 Å². The van der Waals surface area contributed by atoms with Crippen molar-refractivity contribution in [2.45, 2.75) is 31.8 Å². The monoisotopic (exact) mass is 525 g/mol. The van der Waals surface area contributed by atoms with Crippen molar-refractivity contribution in [1.82, 2.24) is 20.4 Å². The average Bonchev–Trinajstić information content (AvgIpc) is 3.51. The molecule has 2 saturated heterocycles. The van der Waals surface area contributed by atoms with E-state index < -0.39 is 0 Å². The third-order valence-corrected chi connectivity index (χ3v) is 7.65. The van der Waals surface area contributed by atoms with E-state index in [1.165, 1.54) is 16.9 Å². The lowest BCUT2D eigenvalue weighted by Crippen LogP contribution is -2.37. The number of aromatic nitrogens is 2. The van der Waals surface area contributed by atoms with Crippen molar-refractivity contribution in [3.05, 3.63) is 74.7 Å². The van der Waals surface area contributed by atoms with Crippen LogP contribution in [0, 0.1) is 0 Å². The molecule has 1 atom stereocenters. The van der Waals surface area contributed by atoms with Gasteiger partial charge in [-0.3, -0.25) is 14.5 Å². The Kier molecular flexibility index (Phi) is 7.91. The predicted octanol–water partition coefficient (Wildman–Crippen LogP) is 3.34. The highest BCUT2D eigenvalue weighted by Crippen LogP contribution is 2.23. The first-order chi connectivity index (χ1) is 17.5. The van der Waals surface area contributed by atoms with Crippen LogP contribution in [0.2, 0.25) is 5.02 Å². The number of aryl methyl sites for hydroxylation is 2. The van der Waals surface area contributed by atoms with E-state index in [1.807, 2.05) is 36.4 Å². The van der Waals surface area contributed by atoms with Crippen molar-refractivity contribution in [1.29, 1.82) is 0 Å². The third-order valence-electron chi connectivity index (χ3n) is 6.42. The topological polar surface area (TPSA) is 87.7 Å². The molecule has 0 radical (unpaired) electrons. The fraction of sp³-hybridized carbons (Fsp3) is 0.385. The van der Waals surface area contributed by atoms with Gasteiger partial charge in [0.2, 0.25) is 10.9 Å². The van der Waals surface area contributed by atoms with E-state index in [1.54, 1.807) is 4.90 Å². The van der Waals surface area contributed by atoms with Gasteiger partial charge < -0.3 is 15.0 Å². The van der Waals surface area contributed by atoms with Crippen molar-refractivity contribution in [2.24, 2.45) is 0 Å². The summed E-state index contributed by atoms with van der Waals surface area (Å²) < 4.78 is 5.41. The minimum Gasteiger partial charge on any atom is -0.379 e. The zero-order valence-corrected chi connectivity index (χ0v) is 21.4. The fourth-order valence-electron chi connectivity index (χ4n) is 4.45. The van der Waals surface area contributed by atoms with E-state index in [4.69, 9.17) is 16.3 Å². The number of carbonyl (C=O) groups is 2. The minimum atomic E-state index is -0.286. The van der Waals surface area contributed by atoms with Gasteiger partial charge in [0.15, 0.2) is 0 Å². The second kappa shape index (κ2) is 11.5. The smallest absolute Gasteiger partial charge is 0.282 e. The maximum atomic E-state index is 12.7. The van der Waals surface area contributed by atoms with Crippen LogP contribution in [0.3, 0.4) is 0 Å². The zero-order valence-electron chi connectivity index (χ0n) is 19.9. The molecular weight excluding hydrogens is 498 g/mol. The normalized spacial score (nSPS) is 18.5. The summed E-state index contributed by atoms with van der Waals surface area (Å²) in [7, 11) is 0. The molecule has 10 heteroatoms. The van der Waals surface area contributed by atoms with Crippen LogP contribution in [0.1, 0.15) is 32.4 Å². The van der Waals surface area contributed by atoms with Crippen LogP contribution in [0.25, 0.3) is 0 Å². The van der Waals surface area contributed by atoms with E-state index in [2.05, 4.69) is 32.5 Å². The molecule has 3 aromatic rings. The summed E-state index contributed by atoms with van der Waals surface area (Å²) in [5.41, 5.74) is 3.21. The summed E-state index contributed by atoms with van der Waals surface area (Å²) in [6, 6.07) is 15.5. The number of carbonyl (C=O) groups excluding carboxylic acids is 2. The summed E-state index contributed by atoms with van der Waals surface area (Å²) in [5, 5.41) is 13.0. The number of hydrogen-bond donors (Lipinski definition) is 1. The Morgan fingerprint density at radius 1 is 1.03 bits per heavy atom. The van der Waals surface area contributed by atoms with Gasteiger partial charge in [0.1, 0.15) is 5.01 Å². The Hall–Kier alpha value is -2.85. The number of rotatable bonds is 8. The largest absolute Gasteiger partial charge is 0.379 e. The number of hydrogen-bond acceptors (Lipinski definition) is 7. The number of nitrogens with zero attached hydrogens (tertiary/aromatic N) is 4. The molecule has 3 heterocycles. The van der Waals surface area contributed by atoms with Crippen molar-refractivity contribution in [2.75, 3.05) is 37.7 Å². The molecule has 2 amide bonds. The van der Waals surface area contributed by atoms with Crippen molar-refractivity contribution in [3.8, 4) is 0 Å². The quantitative estimate of drug-likeness (QED) is 0.485. The third kappa shape index (κ3) is 6.28. The van der Waals surface area contributed by atoms with Crippen molar-refractivity contribution >= 4 is 40.4 Å². The Morgan fingerprint density at radius 3 is 2.50 bits per heavy atom. The molecule has 0 aliphatic carbocycles. The maximum Gasteiger partial charge on any atom is 0.282 e. The van der Waals surface area contributed by atoms with Gasteiger partial charge in [-0.1, -0.05) is 47.2 Å². The summed E-state index contributed by atoms with van der Waals surface area (Å²) in [4.78, 5) is 29.5. The fourth-order valence-corrected chi connectivity index (χ4v) is 5.32. The first-order valence-electron chi connectivity index (χ1n) is 12.1. The Labute approximate surface area is 219 Å². The number of ether oxygens (including phenoxy) is 1. The van der Waals surface area contributed by atoms with E-state index in [-0.39, 0.29) is 24.3 Å². The molecule has 188 valence electrons. The SMILES string of the molecule is O=C(N[C@@H]1CC(=O)N(c2ccc(CN3CCOCC3)cc2)C1)c1nnc(CCc2ccc(Cl)cc2)s1. The highest BCUT2D eigenvalue weighted by atomic mass is 35.5. The molecule has 8 nitrogen and oxygen atoms in total. The molecular formula is C26H28ClN5O3S. The lowest BCUT2D eigenvalue weighted by atomic mass is 10.1. The van der Waals surface area contributed by atoms with E-state index >= 15 is 0 Å². The second-order valence-corrected chi connectivity index (χ2v) is 10.6. The molecule has 1 N–H and O–H groups in total. The molecule has 2 aliphatic rings. The summed E-state index contributed by atoms with van der Waals surface area (Å²) >= 11 is 7.22. The van der Waals surface area contributed by atoms with Gasteiger partial charge in [0, 0.05) is 49.7 Å². The van der Waals surface area contributed by atoms with E-state index in [0.717, 1.165) is 55.5 Å². The minimum absolute atomic E-state index is 0.00199.